The standard InChI is InChI=1S/C23H26N6O2/c1-14-5-3-4-6-16(14)11-25-18-13-26-21-10-8-19(29(21)23(18)31)22(30)27-12-17-7-9-20(24)28-15(17)2/h3-7,9,13,19,25H,8,10-12H2,1-2H3,(H2,24,28)(H,27,30)/t19-/m0/s1. The Labute approximate surface area is 180 Å². The van der Waals surface area contributed by atoms with E-state index in [1.54, 1.807) is 12.3 Å². The Hall–Kier alpha value is -3.68. The molecule has 3 aromatic rings. The Morgan fingerprint density at radius 3 is 2.74 bits per heavy atom. The molecule has 0 spiro atoms. The van der Waals surface area contributed by atoms with E-state index in [1.807, 2.05) is 44.2 Å². The number of carbonyl (C=O) groups is 1. The van der Waals surface area contributed by atoms with Crippen molar-refractivity contribution in [3.63, 3.8) is 0 Å². The van der Waals surface area contributed by atoms with Gasteiger partial charge in [0.1, 0.15) is 23.4 Å². The lowest BCUT2D eigenvalue weighted by Crippen LogP contribution is -2.36. The quantitative estimate of drug-likeness (QED) is 0.566. The summed E-state index contributed by atoms with van der Waals surface area (Å²) in [4.78, 5) is 34.6. The van der Waals surface area contributed by atoms with Gasteiger partial charge in [-0.15, -0.1) is 0 Å². The summed E-state index contributed by atoms with van der Waals surface area (Å²) in [5.74, 6) is 0.882. The zero-order valence-electron chi connectivity index (χ0n) is 17.7. The van der Waals surface area contributed by atoms with Crippen LogP contribution in [0.15, 0.2) is 47.4 Å². The normalized spacial score (nSPS) is 14.8. The fourth-order valence-corrected chi connectivity index (χ4v) is 3.87. The van der Waals surface area contributed by atoms with Crippen molar-refractivity contribution in [3.05, 3.63) is 81.2 Å². The number of fused-ring (bicyclic) bond motifs is 1. The third kappa shape index (κ3) is 4.28. The summed E-state index contributed by atoms with van der Waals surface area (Å²) in [6, 6.07) is 11.0. The van der Waals surface area contributed by atoms with E-state index in [0.717, 1.165) is 22.4 Å². The number of nitrogen functional groups attached to an aromatic ring is 1. The maximum atomic E-state index is 13.1. The molecule has 8 nitrogen and oxygen atoms in total. The minimum absolute atomic E-state index is 0.199. The lowest BCUT2D eigenvalue weighted by molar-refractivity contribution is -0.124. The van der Waals surface area contributed by atoms with Crippen LogP contribution in [0.5, 0.6) is 0 Å². The van der Waals surface area contributed by atoms with Crippen LogP contribution in [0.4, 0.5) is 11.5 Å². The molecule has 0 fully saturated rings. The average Bonchev–Trinajstić information content (AvgIpc) is 3.19. The topological polar surface area (TPSA) is 115 Å². The second-order valence-electron chi connectivity index (χ2n) is 7.80. The van der Waals surface area contributed by atoms with Gasteiger partial charge >= 0.3 is 0 Å². The van der Waals surface area contributed by atoms with Crippen LogP contribution in [0.25, 0.3) is 0 Å². The molecule has 0 radical (unpaired) electrons. The van der Waals surface area contributed by atoms with Gasteiger partial charge in [-0.1, -0.05) is 30.3 Å². The third-order valence-electron chi connectivity index (χ3n) is 5.73. The van der Waals surface area contributed by atoms with E-state index in [4.69, 9.17) is 5.73 Å². The summed E-state index contributed by atoms with van der Waals surface area (Å²) in [6.45, 7) is 4.73. The Kier molecular flexibility index (Phi) is 5.70. The van der Waals surface area contributed by atoms with Crippen molar-refractivity contribution >= 4 is 17.4 Å². The highest BCUT2D eigenvalue weighted by Gasteiger charge is 2.31. The number of rotatable bonds is 6. The predicted octanol–water partition coefficient (Wildman–Crippen LogP) is 2.25. The van der Waals surface area contributed by atoms with E-state index < -0.39 is 6.04 Å². The Balaban J connectivity index is 1.49. The first kappa shape index (κ1) is 20.6. The summed E-state index contributed by atoms with van der Waals surface area (Å²) in [5.41, 5.74) is 9.77. The first-order chi connectivity index (χ1) is 14.9. The van der Waals surface area contributed by atoms with Crippen LogP contribution in [0, 0.1) is 13.8 Å². The van der Waals surface area contributed by atoms with Crippen molar-refractivity contribution in [2.45, 2.75) is 45.8 Å². The molecule has 8 heteroatoms. The van der Waals surface area contributed by atoms with E-state index >= 15 is 0 Å². The maximum absolute atomic E-state index is 13.1. The zero-order chi connectivity index (χ0) is 22.0. The van der Waals surface area contributed by atoms with Gasteiger partial charge in [0, 0.05) is 25.2 Å². The Morgan fingerprint density at radius 1 is 1.16 bits per heavy atom. The summed E-state index contributed by atoms with van der Waals surface area (Å²) < 4.78 is 1.52. The number of anilines is 2. The summed E-state index contributed by atoms with van der Waals surface area (Å²) >= 11 is 0. The van der Waals surface area contributed by atoms with E-state index in [0.29, 0.717) is 43.3 Å². The summed E-state index contributed by atoms with van der Waals surface area (Å²) in [7, 11) is 0. The highest BCUT2D eigenvalue weighted by molar-refractivity contribution is 5.81. The molecule has 0 unspecified atom stereocenters. The van der Waals surface area contributed by atoms with Crippen molar-refractivity contribution in [2.24, 2.45) is 0 Å². The van der Waals surface area contributed by atoms with Crippen LogP contribution < -0.4 is 21.9 Å². The van der Waals surface area contributed by atoms with Gasteiger partial charge in [0.25, 0.3) is 5.56 Å². The van der Waals surface area contributed by atoms with Gasteiger partial charge in [0.05, 0.1) is 6.20 Å². The first-order valence-corrected chi connectivity index (χ1v) is 10.3. The molecule has 1 aromatic carbocycles. The largest absolute Gasteiger partial charge is 0.384 e. The minimum atomic E-state index is -0.572. The molecule has 1 aliphatic heterocycles. The maximum Gasteiger partial charge on any atom is 0.277 e. The number of pyridine rings is 1. The molecule has 0 saturated heterocycles. The molecule has 4 N–H and O–H groups in total. The summed E-state index contributed by atoms with van der Waals surface area (Å²) in [5, 5.41) is 6.11. The SMILES string of the molecule is Cc1ccccc1CNc1cnc2n(c1=O)[C@H](C(=O)NCc1ccc(N)nc1C)CC2. The minimum Gasteiger partial charge on any atom is -0.384 e. The van der Waals surface area contributed by atoms with E-state index in [-0.39, 0.29) is 11.5 Å². The number of benzene rings is 1. The van der Waals surface area contributed by atoms with Crippen molar-refractivity contribution < 1.29 is 4.79 Å². The van der Waals surface area contributed by atoms with Crippen LogP contribution in [0.1, 0.15) is 40.7 Å². The summed E-state index contributed by atoms with van der Waals surface area (Å²) in [6.07, 6.45) is 2.71. The number of hydrogen-bond acceptors (Lipinski definition) is 6. The van der Waals surface area contributed by atoms with Gasteiger partial charge in [-0.3, -0.25) is 14.2 Å². The number of aryl methyl sites for hydroxylation is 3. The van der Waals surface area contributed by atoms with Crippen LogP contribution in [-0.4, -0.2) is 20.4 Å². The second-order valence-corrected chi connectivity index (χ2v) is 7.80. The van der Waals surface area contributed by atoms with Gasteiger partial charge in [-0.25, -0.2) is 9.97 Å². The lowest BCUT2D eigenvalue weighted by Gasteiger charge is -2.16. The number of amides is 1. The van der Waals surface area contributed by atoms with Crippen LogP contribution in [0.3, 0.4) is 0 Å². The molecular weight excluding hydrogens is 392 g/mol. The lowest BCUT2D eigenvalue weighted by atomic mass is 10.1. The molecule has 1 atom stereocenters. The molecule has 0 saturated carbocycles. The molecule has 1 aliphatic rings. The fraction of sp³-hybridized carbons (Fsp3) is 0.304. The van der Waals surface area contributed by atoms with Gasteiger partial charge < -0.3 is 16.4 Å². The van der Waals surface area contributed by atoms with Gasteiger partial charge in [0.2, 0.25) is 5.91 Å². The van der Waals surface area contributed by atoms with Crippen molar-refractivity contribution in [1.82, 2.24) is 19.9 Å². The number of nitrogens with zero attached hydrogens (tertiary/aromatic N) is 3. The predicted molar refractivity (Wildman–Crippen MR) is 120 cm³/mol. The molecular formula is C23H26N6O2. The molecule has 3 heterocycles. The third-order valence-corrected chi connectivity index (χ3v) is 5.73. The molecule has 0 bridgehead atoms. The molecule has 4 rings (SSSR count). The smallest absolute Gasteiger partial charge is 0.277 e. The van der Waals surface area contributed by atoms with Gasteiger partial charge in [-0.05, 0) is 43.0 Å². The van der Waals surface area contributed by atoms with E-state index in [2.05, 4.69) is 20.6 Å². The highest BCUT2D eigenvalue weighted by Crippen LogP contribution is 2.23. The van der Waals surface area contributed by atoms with Crippen molar-refractivity contribution in [3.8, 4) is 0 Å². The van der Waals surface area contributed by atoms with Crippen LogP contribution >= 0.6 is 0 Å². The van der Waals surface area contributed by atoms with Crippen molar-refractivity contribution in [2.75, 3.05) is 11.1 Å². The van der Waals surface area contributed by atoms with Crippen LogP contribution in [0.2, 0.25) is 0 Å². The highest BCUT2D eigenvalue weighted by atomic mass is 16.2. The molecule has 1 amide bonds. The molecule has 0 aliphatic carbocycles. The number of hydrogen-bond donors (Lipinski definition) is 3. The fourth-order valence-electron chi connectivity index (χ4n) is 3.87. The van der Waals surface area contributed by atoms with Gasteiger partial charge in [-0.2, -0.15) is 0 Å². The van der Waals surface area contributed by atoms with Crippen molar-refractivity contribution in [1.29, 1.82) is 0 Å². The zero-order valence-corrected chi connectivity index (χ0v) is 17.7. The molecule has 160 valence electrons. The van der Waals surface area contributed by atoms with Gasteiger partial charge in [0.15, 0.2) is 0 Å². The Morgan fingerprint density at radius 2 is 1.97 bits per heavy atom. The van der Waals surface area contributed by atoms with E-state index in [1.165, 1.54) is 4.57 Å². The van der Waals surface area contributed by atoms with Crippen LogP contribution in [-0.2, 0) is 24.3 Å². The molecule has 2 aromatic heterocycles. The number of carbonyl (C=O) groups excluding carboxylic acids is 1. The number of aromatic nitrogens is 3. The average molecular weight is 419 g/mol. The van der Waals surface area contributed by atoms with E-state index in [9.17, 15) is 9.59 Å². The first-order valence-electron chi connectivity index (χ1n) is 10.3. The second kappa shape index (κ2) is 8.59. The Bertz CT molecular complexity index is 1190. The monoisotopic (exact) mass is 418 g/mol. The number of nitrogens with one attached hydrogen (secondary N) is 2. The number of nitrogens with two attached hydrogens (primary N) is 1. The molecule has 31 heavy (non-hydrogen) atoms.